The van der Waals surface area contributed by atoms with Crippen LogP contribution in [0.5, 0.6) is 0 Å². The van der Waals surface area contributed by atoms with Crippen LogP contribution in [0.15, 0.2) is 5.38 Å². The average molecular weight is 196 g/mol. The summed E-state index contributed by atoms with van der Waals surface area (Å²) in [6.07, 6.45) is 5.04. The molecule has 0 amide bonds. The van der Waals surface area contributed by atoms with Crippen LogP contribution in [0.4, 0.5) is 0 Å². The van der Waals surface area contributed by atoms with Crippen LogP contribution in [-0.4, -0.2) is 5.11 Å². The number of hydrogen-bond acceptors (Lipinski definition) is 2. The SMILES string of the molecule is CCC1CCc2c(CO)csc2C1. The minimum Gasteiger partial charge on any atom is -0.392 e. The van der Waals surface area contributed by atoms with Gasteiger partial charge in [0.1, 0.15) is 0 Å². The molecule has 0 spiro atoms. The van der Waals surface area contributed by atoms with Crippen LogP contribution >= 0.6 is 11.3 Å². The molecule has 0 aromatic carbocycles. The van der Waals surface area contributed by atoms with E-state index < -0.39 is 0 Å². The van der Waals surface area contributed by atoms with E-state index in [1.165, 1.54) is 41.7 Å². The van der Waals surface area contributed by atoms with E-state index >= 15 is 0 Å². The van der Waals surface area contributed by atoms with Gasteiger partial charge in [0, 0.05) is 4.88 Å². The molecule has 1 aliphatic rings. The summed E-state index contributed by atoms with van der Waals surface area (Å²) in [6, 6.07) is 0. The summed E-state index contributed by atoms with van der Waals surface area (Å²) in [5.41, 5.74) is 2.63. The van der Waals surface area contributed by atoms with Gasteiger partial charge < -0.3 is 5.11 Å². The molecule has 2 rings (SSSR count). The normalized spacial score (nSPS) is 21.5. The molecule has 1 N–H and O–H groups in total. The fraction of sp³-hybridized carbons (Fsp3) is 0.636. The van der Waals surface area contributed by atoms with Gasteiger partial charge in [-0.2, -0.15) is 0 Å². The molecule has 0 saturated heterocycles. The van der Waals surface area contributed by atoms with Gasteiger partial charge in [-0.15, -0.1) is 11.3 Å². The predicted octanol–water partition coefficient (Wildman–Crippen LogP) is 2.76. The first-order valence-corrected chi connectivity index (χ1v) is 5.92. The lowest BCUT2D eigenvalue weighted by Gasteiger charge is -2.21. The lowest BCUT2D eigenvalue weighted by Crippen LogP contribution is -2.12. The van der Waals surface area contributed by atoms with Crippen LogP contribution in [0, 0.1) is 5.92 Å². The highest BCUT2D eigenvalue weighted by Crippen LogP contribution is 2.33. The first kappa shape index (κ1) is 9.22. The number of fused-ring (bicyclic) bond motifs is 1. The van der Waals surface area contributed by atoms with Crippen molar-refractivity contribution < 1.29 is 5.11 Å². The second-order valence-corrected chi connectivity index (χ2v) is 4.80. The van der Waals surface area contributed by atoms with E-state index in [0.717, 1.165) is 5.92 Å². The lowest BCUT2D eigenvalue weighted by atomic mass is 9.86. The Morgan fingerprint density at radius 1 is 1.62 bits per heavy atom. The van der Waals surface area contributed by atoms with E-state index in [2.05, 4.69) is 12.3 Å². The van der Waals surface area contributed by atoms with Crippen molar-refractivity contribution in [3.05, 3.63) is 21.4 Å². The van der Waals surface area contributed by atoms with Crippen molar-refractivity contribution in [1.82, 2.24) is 0 Å². The smallest absolute Gasteiger partial charge is 0.0692 e. The molecule has 0 radical (unpaired) electrons. The topological polar surface area (TPSA) is 20.2 Å². The highest BCUT2D eigenvalue weighted by molar-refractivity contribution is 7.10. The minimum atomic E-state index is 0.225. The van der Waals surface area contributed by atoms with Crippen LogP contribution in [0.3, 0.4) is 0 Å². The Labute approximate surface area is 83.4 Å². The van der Waals surface area contributed by atoms with Crippen molar-refractivity contribution in [3.63, 3.8) is 0 Å². The Morgan fingerprint density at radius 3 is 3.15 bits per heavy atom. The maximum atomic E-state index is 9.11. The van der Waals surface area contributed by atoms with Crippen molar-refractivity contribution in [2.24, 2.45) is 5.92 Å². The fourth-order valence-electron chi connectivity index (χ4n) is 2.13. The molecule has 1 aliphatic carbocycles. The summed E-state index contributed by atoms with van der Waals surface area (Å²) in [6.45, 7) is 2.50. The molecule has 1 atom stereocenters. The third kappa shape index (κ3) is 1.65. The van der Waals surface area contributed by atoms with Gasteiger partial charge in [0.05, 0.1) is 6.61 Å². The molecule has 1 unspecified atom stereocenters. The van der Waals surface area contributed by atoms with Crippen molar-refractivity contribution >= 4 is 11.3 Å². The average Bonchev–Trinajstić information content (AvgIpc) is 2.59. The Balaban J connectivity index is 2.22. The molecule has 1 nitrogen and oxygen atoms in total. The Bertz CT molecular complexity index is 290. The molecule has 1 heterocycles. The fourth-order valence-corrected chi connectivity index (χ4v) is 3.34. The van der Waals surface area contributed by atoms with E-state index in [1.54, 1.807) is 0 Å². The first-order chi connectivity index (χ1) is 6.35. The van der Waals surface area contributed by atoms with E-state index in [-0.39, 0.29) is 6.61 Å². The zero-order valence-corrected chi connectivity index (χ0v) is 8.86. The lowest BCUT2D eigenvalue weighted by molar-refractivity contribution is 0.280. The zero-order valence-electron chi connectivity index (χ0n) is 8.05. The van der Waals surface area contributed by atoms with E-state index in [4.69, 9.17) is 5.11 Å². The number of thiophene rings is 1. The zero-order chi connectivity index (χ0) is 9.26. The summed E-state index contributed by atoms with van der Waals surface area (Å²) in [5.74, 6) is 0.887. The molecule has 2 heteroatoms. The van der Waals surface area contributed by atoms with Gasteiger partial charge in [0.2, 0.25) is 0 Å². The molecule has 0 bridgehead atoms. The third-order valence-electron chi connectivity index (χ3n) is 3.09. The van der Waals surface area contributed by atoms with Crippen LogP contribution in [0.1, 0.15) is 35.8 Å². The Morgan fingerprint density at radius 2 is 2.46 bits per heavy atom. The molecule has 1 aromatic heterocycles. The molecule has 0 saturated carbocycles. The van der Waals surface area contributed by atoms with E-state index in [9.17, 15) is 0 Å². The molecule has 0 fully saturated rings. The summed E-state index contributed by atoms with van der Waals surface area (Å²) in [7, 11) is 0. The molecule has 72 valence electrons. The Kier molecular flexibility index (Phi) is 2.70. The van der Waals surface area contributed by atoms with Gasteiger partial charge in [-0.3, -0.25) is 0 Å². The molecule has 13 heavy (non-hydrogen) atoms. The first-order valence-electron chi connectivity index (χ1n) is 5.04. The number of rotatable bonds is 2. The maximum absolute atomic E-state index is 9.11. The number of aliphatic hydroxyl groups excluding tert-OH is 1. The number of aliphatic hydroxyl groups is 1. The van der Waals surface area contributed by atoms with Gasteiger partial charge >= 0.3 is 0 Å². The number of hydrogen-bond donors (Lipinski definition) is 1. The highest BCUT2D eigenvalue weighted by atomic mass is 32.1. The van der Waals surface area contributed by atoms with Crippen molar-refractivity contribution in [1.29, 1.82) is 0 Å². The van der Waals surface area contributed by atoms with Gasteiger partial charge in [0.25, 0.3) is 0 Å². The quantitative estimate of drug-likeness (QED) is 0.771. The van der Waals surface area contributed by atoms with E-state index in [1.807, 2.05) is 11.3 Å². The van der Waals surface area contributed by atoms with Crippen molar-refractivity contribution in [2.75, 3.05) is 0 Å². The van der Waals surface area contributed by atoms with Crippen LogP contribution in [0.25, 0.3) is 0 Å². The maximum Gasteiger partial charge on any atom is 0.0692 e. The third-order valence-corrected chi connectivity index (χ3v) is 4.19. The standard InChI is InChI=1S/C11H16OS/c1-2-8-3-4-10-9(6-12)7-13-11(10)5-8/h7-8,12H,2-6H2,1H3. The molecule has 1 aromatic rings. The summed E-state index contributed by atoms with van der Waals surface area (Å²) in [5, 5.41) is 11.2. The summed E-state index contributed by atoms with van der Waals surface area (Å²) >= 11 is 1.84. The van der Waals surface area contributed by atoms with Gasteiger partial charge in [-0.25, -0.2) is 0 Å². The second-order valence-electron chi connectivity index (χ2n) is 3.84. The van der Waals surface area contributed by atoms with Crippen LogP contribution in [0.2, 0.25) is 0 Å². The summed E-state index contributed by atoms with van der Waals surface area (Å²) in [4.78, 5) is 1.53. The molecular formula is C11H16OS. The highest BCUT2D eigenvalue weighted by Gasteiger charge is 2.20. The Hall–Kier alpha value is -0.340. The predicted molar refractivity (Wildman–Crippen MR) is 56.0 cm³/mol. The monoisotopic (exact) mass is 196 g/mol. The van der Waals surface area contributed by atoms with Crippen molar-refractivity contribution in [3.8, 4) is 0 Å². The van der Waals surface area contributed by atoms with E-state index in [0.29, 0.717) is 0 Å². The molecule has 0 aliphatic heterocycles. The summed E-state index contributed by atoms with van der Waals surface area (Å²) < 4.78 is 0. The largest absolute Gasteiger partial charge is 0.392 e. The minimum absolute atomic E-state index is 0.225. The van der Waals surface area contributed by atoms with Gasteiger partial charge in [-0.05, 0) is 41.7 Å². The van der Waals surface area contributed by atoms with Crippen molar-refractivity contribution in [2.45, 2.75) is 39.2 Å². The van der Waals surface area contributed by atoms with Crippen LogP contribution < -0.4 is 0 Å². The molecular weight excluding hydrogens is 180 g/mol. The van der Waals surface area contributed by atoms with Crippen LogP contribution in [-0.2, 0) is 19.4 Å². The van der Waals surface area contributed by atoms with Gasteiger partial charge in [-0.1, -0.05) is 13.3 Å². The second kappa shape index (κ2) is 3.81. The van der Waals surface area contributed by atoms with Gasteiger partial charge in [0.15, 0.2) is 0 Å².